The van der Waals surface area contributed by atoms with E-state index in [1.54, 1.807) is 31.4 Å². The summed E-state index contributed by atoms with van der Waals surface area (Å²) < 4.78 is 7.07. The number of hydrogen-bond donors (Lipinski definition) is 1. The standard InChI is InChI=1S/C28H27ClN4O3/c1-4-32(27(35)23-7-5-6-8-24(23)29)18-26(34)31-28-30-25(20-11-15-22(36-3)16-12-20)17-33(28)21-13-9-19(2)10-14-21/h5-17H,4,18H2,1-3H3,(H,30,31,34). The zero-order valence-electron chi connectivity index (χ0n) is 20.4. The van der Waals surface area contributed by atoms with Gasteiger partial charge in [-0.3, -0.25) is 19.5 Å². The minimum Gasteiger partial charge on any atom is -0.497 e. The lowest BCUT2D eigenvalue weighted by Crippen LogP contribution is -2.38. The number of halogens is 1. The number of hydrogen-bond acceptors (Lipinski definition) is 4. The van der Waals surface area contributed by atoms with Crippen LogP contribution in [-0.2, 0) is 4.79 Å². The highest BCUT2D eigenvalue weighted by Gasteiger charge is 2.21. The van der Waals surface area contributed by atoms with Crippen LogP contribution in [0.2, 0.25) is 5.02 Å². The Hall–Kier alpha value is -4.10. The van der Waals surface area contributed by atoms with E-state index < -0.39 is 0 Å². The number of carbonyl (C=O) groups excluding carboxylic acids is 2. The fourth-order valence-electron chi connectivity index (χ4n) is 3.74. The second-order valence-corrected chi connectivity index (χ2v) is 8.64. The molecule has 1 aromatic heterocycles. The number of carbonyl (C=O) groups is 2. The molecule has 0 bridgehead atoms. The smallest absolute Gasteiger partial charge is 0.255 e. The van der Waals surface area contributed by atoms with Crippen LogP contribution in [0, 0.1) is 6.92 Å². The van der Waals surface area contributed by atoms with Crippen molar-refractivity contribution in [2.24, 2.45) is 0 Å². The van der Waals surface area contributed by atoms with Gasteiger partial charge in [-0.15, -0.1) is 0 Å². The lowest BCUT2D eigenvalue weighted by atomic mass is 10.1. The molecular formula is C28H27ClN4O3. The van der Waals surface area contributed by atoms with Gasteiger partial charge < -0.3 is 9.64 Å². The zero-order chi connectivity index (χ0) is 25.7. The first-order valence-corrected chi connectivity index (χ1v) is 11.9. The first kappa shape index (κ1) is 25.0. The van der Waals surface area contributed by atoms with Crippen LogP contribution in [0.1, 0.15) is 22.8 Å². The predicted molar refractivity (Wildman–Crippen MR) is 142 cm³/mol. The van der Waals surface area contributed by atoms with E-state index in [-0.39, 0.29) is 18.4 Å². The van der Waals surface area contributed by atoms with Crippen LogP contribution in [0.5, 0.6) is 5.75 Å². The normalized spacial score (nSPS) is 10.7. The molecule has 0 saturated carbocycles. The molecule has 8 heteroatoms. The highest BCUT2D eigenvalue weighted by atomic mass is 35.5. The van der Waals surface area contributed by atoms with E-state index in [2.05, 4.69) is 5.32 Å². The van der Waals surface area contributed by atoms with Crippen molar-refractivity contribution < 1.29 is 14.3 Å². The Morgan fingerprint density at radius 2 is 1.72 bits per heavy atom. The van der Waals surface area contributed by atoms with Gasteiger partial charge in [-0.2, -0.15) is 0 Å². The van der Waals surface area contributed by atoms with Gasteiger partial charge in [0.1, 0.15) is 12.3 Å². The minimum absolute atomic E-state index is 0.140. The van der Waals surface area contributed by atoms with Gasteiger partial charge in [0, 0.05) is 24.0 Å². The van der Waals surface area contributed by atoms with Gasteiger partial charge in [-0.25, -0.2) is 4.98 Å². The Kier molecular flexibility index (Phi) is 7.71. The summed E-state index contributed by atoms with van der Waals surface area (Å²) >= 11 is 6.20. The highest BCUT2D eigenvalue weighted by Crippen LogP contribution is 2.26. The van der Waals surface area contributed by atoms with Crippen molar-refractivity contribution >= 4 is 29.4 Å². The van der Waals surface area contributed by atoms with Crippen LogP contribution in [0.25, 0.3) is 16.9 Å². The predicted octanol–water partition coefficient (Wildman–Crippen LogP) is 5.61. The fraction of sp³-hybridized carbons (Fsp3) is 0.179. The van der Waals surface area contributed by atoms with Crippen molar-refractivity contribution in [3.8, 4) is 22.7 Å². The summed E-state index contributed by atoms with van der Waals surface area (Å²) in [7, 11) is 1.62. The largest absolute Gasteiger partial charge is 0.497 e. The number of aryl methyl sites for hydroxylation is 1. The Bertz CT molecular complexity index is 1360. The average molecular weight is 503 g/mol. The van der Waals surface area contributed by atoms with Crippen molar-refractivity contribution in [1.29, 1.82) is 0 Å². The summed E-state index contributed by atoms with van der Waals surface area (Å²) in [6.45, 7) is 4.04. The first-order valence-electron chi connectivity index (χ1n) is 11.5. The number of imidazole rings is 1. The molecule has 0 aliphatic carbocycles. The average Bonchev–Trinajstić information content (AvgIpc) is 3.31. The van der Waals surface area contributed by atoms with Crippen molar-refractivity contribution in [3.05, 3.63) is 95.1 Å². The second-order valence-electron chi connectivity index (χ2n) is 8.23. The third kappa shape index (κ3) is 5.58. The Morgan fingerprint density at radius 1 is 1.03 bits per heavy atom. The van der Waals surface area contributed by atoms with Gasteiger partial charge in [0.15, 0.2) is 0 Å². The number of benzene rings is 3. The minimum atomic E-state index is -0.363. The van der Waals surface area contributed by atoms with Crippen molar-refractivity contribution in [2.75, 3.05) is 25.5 Å². The zero-order valence-corrected chi connectivity index (χ0v) is 21.1. The number of ether oxygens (including phenoxy) is 1. The van der Waals surface area contributed by atoms with Crippen LogP contribution in [0.3, 0.4) is 0 Å². The highest BCUT2D eigenvalue weighted by molar-refractivity contribution is 6.33. The van der Waals surface area contributed by atoms with Gasteiger partial charge in [-0.05, 0) is 62.4 Å². The molecule has 7 nitrogen and oxygen atoms in total. The molecule has 2 amide bonds. The Morgan fingerprint density at radius 3 is 2.36 bits per heavy atom. The molecule has 36 heavy (non-hydrogen) atoms. The number of nitrogens with one attached hydrogen (secondary N) is 1. The van der Waals surface area contributed by atoms with Crippen molar-refractivity contribution in [2.45, 2.75) is 13.8 Å². The maximum absolute atomic E-state index is 13.1. The molecule has 1 heterocycles. The van der Waals surface area contributed by atoms with Crippen molar-refractivity contribution in [3.63, 3.8) is 0 Å². The Labute approximate surface area is 215 Å². The van der Waals surface area contributed by atoms with E-state index >= 15 is 0 Å². The molecule has 0 radical (unpaired) electrons. The molecule has 3 aromatic carbocycles. The fourth-order valence-corrected chi connectivity index (χ4v) is 3.96. The molecule has 0 unspecified atom stereocenters. The van der Waals surface area contributed by atoms with E-state index in [9.17, 15) is 9.59 Å². The number of amides is 2. The molecule has 0 spiro atoms. The van der Waals surface area contributed by atoms with Crippen molar-refractivity contribution in [1.82, 2.24) is 14.5 Å². The molecule has 0 atom stereocenters. The van der Waals surface area contributed by atoms with Crippen LogP contribution in [0.15, 0.2) is 79.0 Å². The molecule has 0 saturated heterocycles. The SMILES string of the molecule is CCN(CC(=O)Nc1nc(-c2ccc(OC)cc2)cn1-c1ccc(C)cc1)C(=O)c1ccccc1Cl. The number of methoxy groups -OCH3 is 1. The summed E-state index contributed by atoms with van der Waals surface area (Å²) in [4.78, 5) is 32.2. The van der Waals surface area contributed by atoms with E-state index in [1.165, 1.54) is 4.90 Å². The van der Waals surface area contributed by atoms with E-state index in [1.807, 2.05) is 73.1 Å². The summed E-state index contributed by atoms with van der Waals surface area (Å²) in [6, 6.07) is 22.3. The molecule has 0 aliphatic heterocycles. The third-order valence-corrected chi connectivity index (χ3v) is 6.09. The van der Waals surface area contributed by atoms with E-state index in [0.29, 0.717) is 28.8 Å². The molecule has 184 valence electrons. The lowest BCUT2D eigenvalue weighted by molar-refractivity contribution is -0.116. The van der Waals surface area contributed by atoms with Gasteiger partial charge in [-0.1, -0.05) is 41.4 Å². The monoisotopic (exact) mass is 502 g/mol. The summed E-state index contributed by atoms with van der Waals surface area (Å²) in [6.07, 6.45) is 1.87. The topological polar surface area (TPSA) is 76.5 Å². The first-order chi connectivity index (χ1) is 17.4. The molecule has 1 N–H and O–H groups in total. The van der Waals surface area contributed by atoms with Crippen LogP contribution < -0.4 is 10.1 Å². The molecule has 4 aromatic rings. The molecule has 0 aliphatic rings. The molecular weight excluding hydrogens is 476 g/mol. The van der Waals surface area contributed by atoms with Gasteiger partial charge >= 0.3 is 0 Å². The van der Waals surface area contributed by atoms with Gasteiger partial charge in [0.25, 0.3) is 5.91 Å². The van der Waals surface area contributed by atoms with Crippen LogP contribution >= 0.6 is 11.6 Å². The van der Waals surface area contributed by atoms with Crippen LogP contribution in [0.4, 0.5) is 5.95 Å². The third-order valence-electron chi connectivity index (χ3n) is 5.76. The number of aromatic nitrogens is 2. The number of nitrogens with zero attached hydrogens (tertiary/aromatic N) is 3. The quantitative estimate of drug-likeness (QED) is 0.340. The number of anilines is 1. The number of likely N-dealkylation sites (N-methyl/N-ethyl adjacent to an activating group) is 1. The molecule has 0 fully saturated rings. The van der Waals surface area contributed by atoms with Crippen LogP contribution in [-0.4, -0.2) is 46.5 Å². The van der Waals surface area contributed by atoms with E-state index in [4.69, 9.17) is 21.3 Å². The van der Waals surface area contributed by atoms with Gasteiger partial charge in [0.2, 0.25) is 11.9 Å². The summed E-state index contributed by atoms with van der Waals surface area (Å²) in [5.74, 6) is 0.431. The lowest BCUT2D eigenvalue weighted by Gasteiger charge is -2.21. The maximum atomic E-state index is 13.1. The number of rotatable bonds is 8. The van der Waals surface area contributed by atoms with E-state index in [0.717, 1.165) is 22.6 Å². The molecule has 4 rings (SSSR count). The summed E-state index contributed by atoms with van der Waals surface area (Å²) in [5.41, 5.74) is 3.89. The Balaban J connectivity index is 1.61. The maximum Gasteiger partial charge on any atom is 0.255 e. The van der Waals surface area contributed by atoms with Gasteiger partial charge in [0.05, 0.1) is 23.4 Å². The summed E-state index contributed by atoms with van der Waals surface area (Å²) in [5, 5.41) is 3.23. The second kappa shape index (κ2) is 11.1.